The SMILES string of the molecule is CNC(=O)Cn1ccc2ccc(NC(=O)C3CC(O)CN3)cc21.Cl. The minimum absolute atomic E-state index is 0. The molecule has 7 nitrogen and oxygen atoms in total. The molecule has 24 heavy (non-hydrogen) atoms. The summed E-state index contributed by atoms with van der Waals surface area (Å²) in [5.41, 5.74) is 1.55. The van der Waals surface area contributed by atoms with Crippen LogP contribution in [0.3, 0.4) is 0 Å². The van der Waals surface area contributed by atoms with Crippen molar-refractivity contribution in [2.24, 2.45) is 0 Å². The zero-order chi connectivity index (χ0) is 16.4. The predicted octanol–water partition coefficient (Wildman–Crippen LogP) is 0.470. The number of nitrogens with zero attached hydrogens (tertiary/aromatic N) is 1. The highest BCUT2D eigenvalue weighted by molar-refractivity contribution is 5.97. The smallest absolute Gasteiger partial charge is 0.241 e. The first kappa shape index (κ1) is 18.3. The number of aromatic nitrogens is 1. The fraction of sp³-hybridized carbons (Fsp3) is 0.375. The standard InChI is InChI=1S/C16H20N4O3.ClH/c1-17-15(22)9-20-5-4-10-2-3-11(6-14(10)20)19-16(23)13-7-12(21)8-18-13;/h2-6,12-13,18,21H,7-9H2,1H3,(H,17,22)(H,19,23);1H. The molecule has 4 N–H and O–H groups in total. The minimum Gasteiger partial charge on any atom is -0.392 e. The summed E-state index contributed by atoms with van der Waals surface area (Å²) >= 11 is 0. The third-order valence-corrected chi connectivity index (χ3v) is 4.06. The summed E-state index contributed by atoms with van der Waals surface area (Å²) < 4.78 is 1.83. The van der Waals surface area contributed by atoms with E-state index in [1.165, 1.54) is 0 Å². The van der Waals surface area contributed by atoms with Gasteiger partial charge in [-0.05, 0) is 30.0 Å². The minimum atomic E-state index is -0.474. The molecule has 0 saturated carbocycles. The van der Waals surface area contributed by atoms with Gasteiger partial charge in [0.15, 0.2) is 0 Å². The van der Waals surface area contributed by atoms with Crippen molar-refractivity contribution in [3.05, 3.63) is 30.5 Å². The van der Waals surface area contributed by atoms with Crippen molar-refractivity contribution in [2.45, 2.75) is 25.1 Å². The predicted molar refractivity (Wildman–Crippen MR) is 94.3 cm³/mol. The highest BCUT2D eigenvalue weighted by atomic mass is 35.5. The van der Waals surface area contributed by atoms with Crippen LogP contribution in [0.15, 0.2) is 30.5 Å². The zero-order valence-electron chi connectivity index (χ0n) is 13.3. The van der Waals surface area contributed by atoms with Gasteiger partial charge in [0.1, 0.15) is 6.54 Å². The number of amides is 2. The molecule has 2 unspecified atom stereocenters. The Bertz CT molecular complexity index is 746. The molecule has 1 aromatic carbocycles. The van der Waals surface area contributed by atoms with Crippen LogP contribution in [0.4, 0.5) is 5.69 Å². The fourth-order valence-corrected chi connectivity index (χ4v) is 2.78. The molecule has 1 fully saturated rings. The van der Waals surface area contributed by atoms with E-state index in [2.05, 4.69) is 16.0 Å². The molecular formula is C16H21ClN4O3. The number of likely N-dealkylation sites (N-methyl/N-ethyl adjacent to an activating group) is 1. The Labute approximate surface area is 145 Å². The van der Waals surface area contributed by atoms with Gasteiger partial charge in [-0.3, -0.25) is 9.59 Å². The number of rotatable bonds is 4. The van der Waals surface area contributed by atoms with Gasteiger partial charge in [-0.2, -0.15) is 0 Å². The Morgan fingerprint density at radius 3 is 2.83 bits per heavy atom. The molecule has 8 heteroatoms. The second-order valence-corrected chi connectivity index (χ2v) is 5.73. The number of anilines is 1. The Hall–Kier alpha value is -2.09. The summed E-state index contributed by atoms with van der Waals surface area (Å²) in [6.45, 7) is 0.667. The summed E-state index contributed by atoms with van der Waals surface area (Å²) in [6, 6.07) is 7.14. The van der Waals surface area contributed by atoms with Crippen molar-refractivity contribution in [2.75, 3.05) is 18.9 Å². The summed E-state index contributed by atoms with van der Waals surface area (Å²) in [5, 5.41) is 18.9. The van der Waals surface area contributed by atoms with E-state index >= 15 is 0 Å². The van der Waals surface area contributed by atoms with Gasteiger partial charge in [-0.15, -0.1) is 12.4 Å². The number of carbonyl (C=O) groups is 2. The van der Waals surface area contributed by atoms with Crippen molar-refractivity contribution in [1.82, 2.24) is 15.2 Å². The summed E-state index contributed by atoms with van der Waals surface area (Å²) in [7, 11) is 1.60. The monoisotopic (exact) mass is 352 g/mol. The molecule has 0 spiro atoms. The second-order valence-electron chi connectivity index (χ2n) is 5.73. The third kappa shape index (κ3) is 3.87. The van der Waals surface area contributed by atoms with Crippen LogP contribution >= 0.6 is 12.4 Å². The van der Waals surface area contributed by atoms with Crippen molar-refractivity contribution in [3.63, 3.8) is 0 Å². The van der Waals surface area contributed by atoms with E-state index < -0.39 is 6.10 Å². The van der Waals surface area contributed by atoms with E-state index in [4.69, 9.17) is 0 Å². The normalized spacial score (nSPS) is 19.8. The number of halogens is 1. The highest BCUT2D eigenvalue weighted by Gasteiger charge is 2.28. The summed E-state index contributed by atoms with van der Waals surface area (Å²) in [4.78, 5) is 23.7. The molecule has 0 bridgehead atoms. The van der Waals surface area contributed by atoms with Gasteiger partial charge in [-0.25, -0.2) is 0 Å². The van der Waals surface area contributed by atoms with Gasteiger partial charge in [-0.1, -0.05) is 6.07 Å². The Balaban J connectivity index is 0.00000208. The molecule has 3 rings (SSSR count). The van der Waals surface area contributed by atoms with Crippen LogP contribution in [-0.4, -0.2) is 47.2 Å². The number of fused-ring (bicyclic) bond motifs is 1. The summed E-state index contributed by atoms with van der Waals surface area (Å²) in [5.74, 6) is -0.244. The average molecular weight is 353 g/mol. The van der Waals surface area contributed by atoms with E-state index in [9.17, 15) is 14.7 Å². The van der Waals surface area contributed by atoms with Crippen LogP contribution in [0.1, 0.15) is 6.42 Å². The molecule has 130 valence electrons. The number of β-amino-alcohol motifs (C(OH)–C–C–N with tert-alkyl or cyclic N) is 1. The molecule has 1 aliphatic rings. The molecule has 2 heterocycles. The first-order valence-corrected chi connectivity index (χ1v) is 7.58. The summed E-state index contributed by atoms with van der Waals surface area (Å²) in [6.07, 6.45) is 1.79. The zero-order valence-corrected chi connectivity index (χ0v) is 14.1. The van der Waals surface area contributed by atoms with Crippen LogP contribution in [0.25, 0.3) is 10.9 Å². The molecule has 1 aromatic heterocycles. The highest BCUT2D eigenvalue weighted by Crippen LogP contribution is 2.21. The molecule has 0 radical (unpaired) electrons. The number of benzene rings is 1. The number of aliphatic hydroxyl groups excluding tert-OH is 1. The molecule has 2 atom stereocenters. The van der Waals surface area contributed by atoms with Gasteiger partial charge in [0, 0.05) is 25.5 Å². The van der Waals surface area contributed by atoms with Gasteiger partial charge in [0.05, 0.1) is 17.7 Å². The largest absolute Gasteiger partial charge is 0.392 e. The third-order valence-electron chi connectivity index (χ3n) is 4.06. The second kappa shape index (κ2) is 7.65. The molecular weight excluding hydrogens is 332 g/mol. The van der Waals surface area contributed by atoms with E-state index in [0.29, 0.717) is 18.7 Å². The van der Waals surface area contributed by atoms with E-state index in [-0.39, 0.29) is 36.8 Å². The number of carbonyl (C=O) groups excluding carboxylic acids is 2. The van der Waals surface area contributed by atoms with Crippen LogP contribution in [0.2, 0.25) is 0 Å². The number of aliphatic hydroxyl groups is 1. The van der Waals surface area contributed by atoms with Gasteiger partial charge < -0.3 is 25.6 Å². The lowest BCUT2D eigenvalue weighted by Gasteiger charge is -2.12. The number of hydrogen-bond acceptors (Lipinski definition) is 4. The van der Waals surface area contributed by atoms with Gasteiger partial charge >= 0.3 is 0 Å². The lowest BCUT2D eigenvalue weighted by atomic mass is 10.2. The van der Waals surface area contributed by atoms with Crippen LogP contribution in [0.5, 0.6) is 0 Å². The van der Waals surface area contributed by atoms with Gasteiger partial charge in [0.2, 0.25) is 11.8 Å². The Kier molecular flexibility index (Phi) is 5.82. The Morgan fingerprint density at radius 1 is 1.38 bits per heavy atom. The topological polar surface area (TPSA) is 95.4 Å². The average Bonchev–Trinajstić information content (AvgIpc) is 3.14. The first-order chi connectivity index (χ1) is 11.1. The maximum atomic E-state index is 12.2. The van der Waals surface area contributed by atoms with Crippen molar-refractivity contribution >= 4 is 40.8 Å². The van der Waals surface area contributed by atoms with Crippen molar-refractivity contribution in [3.8, 4) is 0 Å². The maximum Gasteiger partial charge on any atom is 0.241 e. The van der Waals surface area contributed by atoms with E-state index in [0.717, 1.165) is 10.9 Å². The fourth-order valence-electron chi connectivity index (χ4n) is 2.78. The van der Waals surface area contributed by atoms with Crippen LogP contribution in [-0.2, 0) is 16.1 Å². The lowest BCUT2D eigenvalue weighted by Crippen LogP contribution is -2.35. The van der Waals surface area contributed by atoms with Crippen LogP contribution in [0, 0.1) is 0 Å². The molecule has 2 aromatic rings. The number of nitrogens with one attached hydrogen (secondary N) is 3. The Morgan fingerprint density at radius 2 is 2.17 bits per heavy atom. The number of hydrogen-bond donors (Lipinski definition) is 4. The molecule has 0 aliphatic carbocycles. The van der Waals surface area contributed by atoms with Crippen LogP contribution < -0.4 is 16.0 Å². The molecule has 1 saturated heterocycles. The van der Waals surface area contributed by atoms with Crippen molar-refractivity contribution in [1.29, 1.82) is 0 Å². The van der Waals surface area contributed by atoms with Crippen molar-refractivity contribution < 1.29 is 14.7 Å². The molecule has 2 amide bonds. The quantitative estimate of drug-likeness (QED) is 0.643. The van der Waals surface area contributed by atoms with E-state index in [1.54, 1.807) is 7.05 Å². The molecule has 1 aliphatic heterocycles. The first-order valence-electron chi connectivity index (χ1n) is 7.58. The van der Waals surface area contributed by atoms with Gasteiger partial charge in [0.25, 0.3) is 0 Å². The van der Waals surface area contributed by atoms with E-state index in [1.807, 2.05) is 35.0 Å². The maximum absolute atomic E-state index is 12.2. The lowest BCUT2D eigenvalue weighted by molar-refractivity contribution is -0.121.